The average molecular weight is 409 g/mol. The monoisotopic (exact) mass is 408 g/mol. The van der Waals surface area contributed by atoms with Gasteiger partial charge in [-0.2, -0.15) is 0 Å². The van der Waals surface area contributed by atoms with E-state index in [1.54, 1.807) is 31.2 Å². The Labute approximate surface area is 166 Å². The highest BCUT2D eigenvalue weighted by Crippen LogP contribution is 2.25. The fraction of sp³-hybridized carbons (Fsp3) is 0.350. The van der Waals surface area contributed by atoms with Crippen LogP contribution in [0.25, 0.3) is 0 Å². The van der Waals surface area contributed by atoms with E-state index in [1.807, 2.05) is 38.1 Å². The first kappa shape index (κ1) is 21.3. The van der Waals surface area contributed by atoms with E-state index in [9.17, 15) is 13.2 Å². The molecule has 1 amide bonds. The van der Waals surface area contributed by atoms with Crippen LogP contribution in [0.3, 0.4) is 0 Å². The topological polar surface area (TPSA) is 66.5 Å². The van der Waals surface area contributed by atoms with Crippen molar-refractivity contribution in [2.45, 2.75) is 39.3 Å². The lowest BCUT2D eigenvalue weighted by Gasteiger charge is -2.31. The summed E-state index contributed by atoms with van der Waals surface area (Å²) in [6.07, 6.45) is 1.43. The third-order valence-electron chi connectivity index (χ3n) is 4.35. The lowest BCUT2D eigenvalue weighted by atomic mass is 10.1. The van der Waals surface area contributed by atoms with Crippen LogP contribution >= 0.6 is 11.6 Å². The predicted octanol–water partition coefficient (Wildman–Crippen LogP) is 4.07. The number of benzene rings is 2. The number of carbonyl (C=O) groups excluding carboxylic acids is 1. The zero-order chi connectivity index (χ0) is 20.2. The number of anilines is 1. The summed E-state index contributed by atoms with van der Waals surface area (Å²) in [5, 5.41) is 3.43. The Kier molecular flexibility index (Phi) is 6.89. The maximum Gasteiger partial charge on any atom is 0.244 e. The van der Waals surface area contributed by atoms with Crippen molar-refractivity contribution in [2.24, 2.45) is 0 Å². The van der Waals surface area contributed by atoms with Crippen LogP contribution in [0, 0.1) is 6.92 Å². The molecule has 7 heteroatoms. The summed E-state index contributed by atoms with van der Waals surface area (Å²) in [6, 6.07) is 13.2. The standard InChI is InChI=1S/C20H25ClN2O3S/c1-5-19(20(24)22-15(3)16-8-6-14(2)7-9-16)23(27(4,25)26)18-12-10-17(21)11-13-18/h6-13,15,19H,5H2,1-4H3,(H,22,24). The van der Waals surface area contributed by atoms with Gasteiger partial charge in [0.05, 0.1) is 18.0 Å². The number of nitrogens with one attached hydrogen (secondary N) is 1. The Morgan fingerprint density at radius 3 is 2.15 bits per heavy atom. The summed E-state index contributed by atoms with van der Waals surface area (Å²) in [7, 11) is -3.66. The number of carbonyl (C=O) groups is 1. The smallest absolute Gasteiger partial charge is 0.244 e. The normalized spacial score (nSPS) is 13.7. The van der Waals surface area contributed by atoms with E-state index in [-0.39, 0.29) is 11.9 Å². The molecule has 0 saturated carbocycles. The number of rotatable bonds is 7. The van der Waals surface area contributed by atoms with Crippen LogP contribution < -0.4 is 9.62 Å². The highest BCUT2D eigenvalue weighted by Gasteiger charge is 2.32. The molecule has 0 radical (unpaired) electrons. The molecule has 27 heavy (non-hydrogen) atoms. The molecule has 2 aromatic rings. The largest absolute Gasteiger partial charge is 0.348 e. The first-order chi connectivity index (χ1) is 12.6. The second-order valence-electron chi connectivity index (χ2n) is 6.60. The molecule has 0 bridgehead atoms. The van der Waals surface area contributed by atoms with Crippen LogP contribution in [0.1, 0.15) is 37.4 Å². The molecule has 146 valence electrons. The van der Waals surface area contributed by atoms with Gasteiger partial charge in [0.15, 0.2) is 0 Å². The van der Waals surface area contributed by atoms with Gasteiger partial charge in [-0.3, -0.25) is 9.10 Å². The van der Waals surface area contributed by atoms with E-state index < -0.39 is 16.1 Å². The SMILES string of the molecule is CCC(C(=O)NC(C)c1ccc(C)cc1)N(c1ccc(Cl)cc1)S(C)(=O)=O. The Morgan fingerprint density at radius 1 is 1.11 bits per heavy atom. The van der Waals surface area contributed by atoms with Crippen molar-refractivity contribution in [3.05, 3.63) is 64.7 Å². The highest BCUT2D eigenvalue weighted by molar-refractivity contribution is 7.92. The van der Waals surface area contributed by atoms with Crippen molar-refractivity contribution >= 4 is 33.2 Å². The van der Waals surface area contributed by atoms with Gasteiger partial charge < -0.3 is 5.32 Å². The van der Waals surface area contributed by atoms with E-state index in [1.165, 1.54) is 0 Å². The zero-order valence-corrected chi connectivity index (χ0v) is 17.5. The van der Waals surface area contributed by atoms with Gasteiger partial charge in [0.2, 0.25) is 15.9 Å². The summed E-state index contributed by atoms with van der Waals surface area (Å²) in [4.78, 5) is 12.9. The number of halogens is 1. The van der Waals surface area contributed by atoms with E-state index >= 15 is 0 Å². The molecule has 0 heterocycles. The number of nitrogens with zero attached hydrogens (tertiary/aromatic N) is 1. The zero-order valence-electron chi connectivity index (χ0n) is 15.9. The second kappa shape index (κ2) is 8.76. The fourth-order valence-corrected chi connectivity index (χ4v) is 4.23. The number of hydrogen-bond acceptors (Lipinski definition) is 3. The number of hydrogen-bond donors (Lipinski definition) is 1. The second-order valence-corrected chi connectivity index (χ2v) is 8.90. The molecule has 0 fully saturated rings. The summed E-state index contributed by atoms with van der Waals surface area (Å²) in [6.45, 7) is 5.66. The Morgan fingerprint density at radius 2 is 1.67 bits per heavy atom. The van der Waals surface area contributed by atoms with Crippen LogP contribution in [0.5, 0.6) is 0 Å². The lowest BCUT2D eigenvalue weighted by Crippen LogP contribution is -2.49. The number of amides is 1. The molecular weight excluding hydrogens is 384 g/mol. The van der Waals surface area contributed by atoms with Crippen molar-refractivity contribution in [3.8, 4) is 0 Å². The van der Waals surface area contributed by atoms with Gasteiger partial charge in [0.1, 0.15) is 6.04 Å². The fourth-order valence-electron chi connectivity index (χ4n) is 2.90. The highest BCUT2D eigenvalue weighted by atomic mass is 35.5. The van der Waals surface area contributed by atoms with Gasteiger partial charge in [-0.15, -0.1) is 0 Å². The Bertz CT molecular complexity index is 880. The molecule has 2 rings (SSSR count). The molecule has 2 atom stereocenters. The van der Waals surface area contributed by atoms with Gasteiger partial charge >= 0.3 is 0 Å². The summed E-state index contributed by atoms with van der Waals surface area (Å²) < 4.78 is 26.0. The molecule has 0 aromatic heterocycles. The van der Waals surface area contributed by atoms with E-state index in [2.05, 4.69) is 5.32 Å². The average Bonchev–Trinajstić information content (AvgIpc) is 2.60. The Hall–Kier alpha value is -2.05. The molecule has 0 spiro atoms. The van der Waals surface area contributed by atoms with Gasteiger partial charge in [0, 0.05) is 5.02 Å². The molecule has 2 aromatic carbocycles. The molecule has 0 aliphatic heterocycles. The van der Waals surface area contributed by atoms with Gasteiger partial charge in [-0.1, -0.05) is 48.4 Å². The first-order valence-corrected chi connectivity index (χ1v) is 11.0. The minimum atomic E-state index is -3.66. The summed E-state index contributed by atoms with van der Waals surface area (Å²) in [5.74, 6) is -0.342. The molecule has 0 saturated heterocycles. The molecule has 1 N–H and O–H groups in total. The number of sulfonamides is 1. The third-order valence-corrected chi connectivity index (χ3v) is 5.78. The summed E-state index contributed by atoms with van der Waals surface area (Å²) >= 11 is 5.91. The van der Waals surface area contributed by atoms with E-state index in [4.69, 9.17) is 11.6 Å². The quantitative estimate of drug-likeness (QED) is 0.750. The van der Waals surface area contributed by atoms with Crippen LogP contribution in [0.2, 0.25) is 5.02 Å². The molecule has 0 aliphatic rings. The minimum Gasteiger partial charge on any atom is -0.348 e. The van der Waals surface area contributed by atoms with Crippen molar-refractivity contribution < 1.29 is 13.2 Å². The predicted molar refractivity (Wildman–Crippen MR) is 111 cm³/mol. The molecule has 0 aliphatic carbocycles. The van der Waals surface area contributed by atoms with Crippen molar-refractivity contribution in [1.29, 1.82) is 0 Å². The minimum absolute atomic E-state index is 0.237. The van der Waals surface area contributed by atoms with Gasteiger partial charge in [-0.05, 0) is 50.1 Å². The van der Waals surface area contributed by atoms with E-state index in [0.717, 1.165) is 21.7 Å². The molecular formula is C20H25ClN2O3S. The van der Waals surface area contributed by atoms with E-state index in [0.29, 0.717) is 17.1 Å². The van der Waals surface area contributed by atoms with Crippen molar-refractivity contribution in [3.63, 3.8) is 0 Å². The molecule has 5 nitrogen and oxygen atoms in total. The van der Waals surface area contributed by atoms with Crippen LogP contribution in [0.4, 0.5) is 5.69 Å². The van der Waals surface area contributed by atoms with Crippen molar-refractivity contribution in [1.82, 2.24) is 5.32 Å². The number of aryl methyl sites for hydroxylation is 1. The lowest BCUT2D eigenvalue weighted by molar-refractivity contribution is -0.122. The first-order valence-electron chi connectivity index (χ1n) is 8.75. The third kappa shape index (κ3) is 5.47. The van der Waals surface area contributed by atoms with Crippen LogP contribution in [0.15, 0.2) is 48.5 Å². The van der Waals surface area contributed by atoms with Crippen molar-refractivity contribution in [2.75, 3.05) is 10.6 Å². The maximum atomic E-state index is 12.9. The Balaban J connectivity index is 2.28. The molecule has 2 unspecified atom stereocenters. The van der Waals surface area contributed by atoms with Gasteiger partial charge in [-0.25, -0.2) is 8.42 Å². The van der Waals surface area contributed by atoms with Crippen LogP contribution in [-0.2, 0) is 14.8 Å². The van der Waals surface area contributed by atoms with Crippen LogP contribution in [-0.4, -0.2) is 26.6 Å². The summed E-state index contributed by atoms with van der Waals surface area (Å²) in [5.41, 5.74) is 2.50. The van der Waals surface area contributed by atoms with Gasteiger partial charge in [0.25, 0.3) is 0 Å². The maximum absolute atomic E-state index is 12.9.